The number of benzene rings is 1. The summed E-state index contributed by atoms with van der Waals surface area (Å²) in [5.74, 6) is 0.385. The number of hydrogen-bond donors (Lipinski definition) is 2. The lowest BCUT2D eigenvalue weighted by Crippen LogP contribution is -2.33. The van der Waals surface area contributed by atoms with Crippen LogP contribution in [0.5, 0.6) is 0 Å². The highest BCUT2D eigenvalue weighted by molar-refractivity contribution is 5.99. The maximum atomic E-state index is 12.2. The van der Waals surface area contributed by atoms with Gasteiger partial charge in [0.15, 0.2) is 0 Å². The number of anilines is 1. The normalized spacial score (nSPS) is 15.9. The van der Waals surface area contributed by atoms with Crippen LogP contribution in [0.1, 0.15) is 27.4 Å². The highest BCUT2D eigenvalue weighted by Gasteiger charge is 2.25. The Kier molecular flexibility index (Phi) is 3.37. The van der Waals surface area contributed by atoms with Gasteiger partial charge in [-0.15, -0.1) is 0 Å². The van der Waals surface area contributed by atoms with Gasteiger partial charge >= 0.3 is 0 Å². The Morgan fingerprint density at radius 1 is 1.35 bits per heavy atom. The van der Waals surface area contributed by atoms with E-state index in [4.69, 9.17) is 0 Å². The SMILES string of the molecule is CNc1cnccc1C(=O)NCC1Cc2ccccc21. The van der Waals surface area contributed by atoms with Crippen LogP contribution in [-0.2, 0) is 6.42 Å². The molecule has 0 spiro atoms. The first-order chi connectivity index (χ1) is 9.79. The van der Waals surface area contributed by atoms with Crippen LogP contribution in [-0.4, -0.2) is 24.5 Å². The topological polar surface area (TPSA) is 54.0 Å². The Labute approximate surface area is 118 Å². The van der Waals surface area contributed by atoms with E-state index in [2.05, 4.69) is 39.9 Å². The van der Waals surface area contributed by atoms with Crippen LogP contribution in [0.15, 0.2) is 42.7 Å². The van der Waals surface area contributed by atoms with Gasteiger partial charge in [0.2, 0.25) is 0 Å². The quantitative estimate of drug-likeness (QED) is 0.893. The van der Waals surface area contributed by atoms with Crippen LogP contribution < -0.4 is 10.6 Å². The number of aromatic nitrogens is 1. The highest BCUT2D eigenvalue weighted by Crippen LogP contribution is 2.34. The molecule has 3 rings (SSSR count). The number of carbonyl (C=O) groups is 1. The summed E-state index contributed by atoms with van der Waals surface area (Å²) < 4.78 is 0. The Bertz CT molecular complexity index is 639. The van der Waals surface area contributed by atoms with Crippen LogP contribution in [0, 0.1) is 0 Å². The fraction of sp³-hybridized carbons (Fsp3) is 0.250. The van der Waals surface area contributed by atoms with Crippen molar-refractivity contribution in [3.63, 3.8) is 0 Å². The molecule has 0 fully saturated rings. The molecule has 1 amide bonds. The Hall–Kier alpha value is -2.36. The number of rotatable bonds is 4. The molecule has 0 saturated carbocycles. The molecule has 1 aromatic heterocycles. The monoisotopic (exact) mass is 267 g/mol. The molecular formula is C16H17N3O. The van der Waals surface area contributed by atoms with Crippen LogP contribution in [0.3, 0.4) is 0 Å². The molecule has 1 aliphatic rings. The molecule has 0 radical (unpaired) electrons. The lowest BCUT2D eigenvalue weighted by Gasteiger charge is -2.30. The molecule has 0 aliphatic heterocycles. The minimum atomic E-state index is -0.0545. The molecule has 1 heterocycles. The minimum Gasteiger partial charge on any atom is -0.386 e. The number of carbonyl (C=O) groups excluding carboxylic acids is 1. The van der Waals surface area contributed by atoms with Gasteiger partial charge in [0.25, 0.3) is 5.91 Å². The number of fused-ring (bicyclic) bond motifs is 1. The molecule has 20 heavy (non-hydrogen) atoms. The third kappa shape index (κ3) is 2.25. The molecule has 4 heteroatoms. The van der Waals surface area contributed by atoms with E-state index in [9.17, 15) is 4.79 Å². The van der Waals surface area contributed by atoms with E-state index in [1.54, 1.807) is 25.5 Å². The lowest BCUT2D eigenvalue weighted by molar-refractivity contribution is 0.0951. The fourth-order valence-corrected chi connectivity index (χ4v) is 2.65. The van der Waals surface area contributed by atoms with Crippen molar-refractivity contribution >= 4 is 11.6 Å². The number of nitrogens with one attached hydrogen (secondary N) is 2. The summed E-state index contributed by atoms with van der Waals surface area (Å²) in [4.78, 5) is 16.2. The number of pyridine rings is 1. The first kappa shape index (κ1) is 12.7. The fourth-order valence-electron chi connectivity index (χ4n) is 2.65. The Morgan fingerprint density at radius 2 is 2.20 bits per heavy atom. The number of hydrogen-bond acceptors (Lipinski definition) is 3. The maximum Gasteiger partial charge on any atom is 0.253 e. The van der Waals surface area contributed by atoms with E-state index < -0.39 is 0 Å². The second-order valence-electron chi connectivity index (χ2n) is 4.98. The van der Waals surface area contributed by atoms with Gasteiger partial charge in [-0.25, -0.2) is 0 Å². The molecule has 1 unspecified atom stereocenters. The number of nitrogens with zero attached hydrogens (tertiary/aromatic N) is 1. The second kappa shape index (κ2) is 5.33. The van der Waals surface area contributed by atoms with Gasteiger partial charge in [0.05, 0.1) is 17.4 Å². The molecule has 1 aromatic carbocycles. The van der Waals surface area contributed by atoms with E-state index in [0.717, 1.165) is 12.1 Å². The van der Waals surface area contributed by atoms with Crippen LogP contribution in [0.4, 0.5) is 5.69 Å². The summed E-state index contributed by atoms with van der Waals surface area (Å²) in [6.45, 7) is 0.682. The summed E-state index contributed by atoms with van der Waals surface area (Å²) in [6.07, 6.45) is 4.34. The smallest absolute Gasteiger partial charge is 0.253 e. The van der Waals surface area contributed by atoms with E-state index in [0.29, 0.717) is 18.0 Å². The van der Waals surface area contributed by atoms with Gasteiger partial charge < -0.3 is 10.6 Å². The zero-order valence-electron chi connectivity index (χ0n) is 11.4. The molecule has 2 aromatic rings. The van der Waals surface area contributed by atoms with Gasteiger partial charge in [-0.2, -0.15) is 0 Å². The van der Waals surface area contributed by atoms with Gasteiger partial charge in [0.1, 0.15) is 0 Å². The molecule has 102 valence electrons. The van der Waals surface area contributed by atoms with Crippen molar-refractivity contribution in [2.75, 3.05) is 18.9 Å². The summed E-state index contributed by atoms with van der Waals surface area (Å²) >= 11 is 0. The summed E-state index contributed by atoms with van der Waals surface area (Å²) in [5, 5.41) is 5.99. The summed E-state index contributed by atoms with van der Waals surface area (Å²) in [7, 11) is 1.79. The zero-order valence-corrected chi connectivity index (χ0v) is 11.4. The first-order valence-electron chi connectivity index (χ1n) is 6.77. The molecule has 0 bridgehead atoms. The standard InChI is InChI=1S/C16H17N3O/c1-17-15-10-18-7-6-14(15)16(20)19-9-12-8-11-4-2-3-5-13(11)12/h2-7,10,12,17H,8-9H2,1H3,(H,19,20). The third-order valence-corrected chi connectivity index (χ3v) is 3.81. The van der Waals surface area contributed by atoms with Crippen molar-refractivity contribution in [3.05, 3.63) is 59.4 Å². The predicted octanol–water partition coefficient (Wildman–Crippen LogP) is 2.19. The molecule has 0 saturated heterocycles. The minimum absolute atomic E-state index is 0.0545. The van der Waals surface area contributed by atoms with Crippen LogP contribution >= 0.6 is 0 Å². The Balaban J connectivity index is 1.64. The van der Waals surface area contributed by atoms with E-state index in [1.807, 2.05) is 0 Å². The van der Waals surface area contributed by atoms with Gasteiger partial charge in [-0.1, -0.05) is 24.3 Å². The van der Waals surface area contributed by atoms with Gasteiger partial charge in [-0.3, -0.25) is 9.78 Å². The van der Waals surface area contributed by atoms with Crippen molar-refractivity contribution in [2.24, 2.45) is 0 Å². The predicted molar refractivity (Wildman–Crippen MR) is 79.0 cm³/mol. The maximum absolute atomic E-state index is 12.2. The van der Waals surface area contributed by atoms with Crippen molar-refractivity contribution in [3.8, 4) is 0 Å². The summed E-state index contributed by atoms with van der Waals surface area (Å²) in [6, 6.07) is 10.1. The summed E-state index contributed by atoms with van der Waals surface area (Å²) in [5.41, 5.74) is 4.14. The average Bonchev–Trinajstić information content (AvgIpc) is 2.48. The van der Waals surface area contributed by atoms with E-state index in [-0.39, 0.29) is 5.91 Å². The van der Waals surface area contributed by atoms with Crippen molar-refractivity contribution in [2.45, 2.75) is 12.3 Å². The lowest BCUT2D eigenvalue weighted by atomic mass is 9.77. The highest BCUT2D eigenvalue weighted by atomic mass is 16.1. The zero-order chi connectivity index (χ0) is 13.9. The molecule has 1 atom stereocenters. The van der Waals surface area contributed by atoms with Crippen molar-refractivity contribution < 1.29 is 4.79 Å². The third-order valence-electron chi connectivity index (χ3n) is 3.81. The second-order valence-corrected chi connectivity index (χ2v) is 4.98. The van der Waals surface area contributed by atoms with Crippen molar-refractivity contribution in [1.29, 1.82) is 0 Å². The van der Waals surface area contributed by atoms with Gasteiger partial charge in [0, 0.05) is 25.7 Å². The average molecular weight is 267 g/mol. The van der Waals surface area contributed by atoms with E-state index in [1.165, 1.54) is 11.1 Å². The van der Waals surface area contributed by atoms with Crippen LogP contribution in [0.25, 0.3) is 0 Å². The number of amides is 1. The molecule has 1 aliphatic carbocycles. The van der Waals surface area contributed by atoms with E-state index >= 15 is 0 Å². The molecule has 4 nitrogen and oxygen atoms in total. The molecular weight excluding hydrogens is 250 g/mol. The largest absolute Gasteiger partial charge is 0.386 e. The molecule has 2 N–H and O–H groups in total. The van der Waals surface area contributed by atoms with Crippen LogP contribution in [0.2, 0.25) is 0 Å². The Morgan fingerprint density at radius 3 is 3.00 bits per heavy atom. The first-order valence-corrected chi connectivity index (χ1v) is 6.77. The van der Waals surface area contributed by atoms with Crippen molar-refractivity contribution in [1.82, 2.24) is 10.3 Å². The van der Waals surface area contributed by atoms with Gasteiger partial charge in [-0.05, 0) is 23.6 Å².